The Bertz CT molecular complexity index is 777. The van der Waals surface area contributed by atoms with Gasteiger partial charge in [0.2, 0.25) is 4.99 Å². The van der Waals surface area contributed by atoms with Gasteiger partial charge in [-0.2, -0.15) is 0 Å². The van der Waals surface area contributed by atoms with Gasteiger partial charge >= 0.3 is 5.97 Å². The fraction of sp³-hybridized carbons (Fsp3) is 0.385. The zero-order valence-electron chi connectivity index (χ0n) is 12.2. The van der Waals surface area contributed by atoms with E-state index in [4.69, 9.17) is 9.84 Å². The second kappa shape index (κ2) is 6.69. The van der Waals surface area contributed by atoms with Crippen LogP contribution in [0.4, 0.5) is 0 Å². The minimum Gasteiger partial charge on any atom is -0.478 e. The summed E-state index contributed by atoms with van der Waals surface area (Å²) in [5, 5.41) is 24.5. The quantitative estimate of drug-likeness (QED) is 0.758. The van der Waals surface area contributed by atoms with Gasteiger partial charge in [0.05, 0.1) is 15.8 Å². The van der Waals surface area contributed by atoms with Crippen LogP contribution in [0.25, 0.3) is 10.2 Å². The predicted octanol–water partition coefficient (Wildman–Crippen LogP) is 4.00. The molecular formula is C13H13N5O3S2. The summed E-state index contributed by atoms with van der Waals surface area (Å²) >= 11 is 2.78. The van der Waals surface area contributed by atoms with Gasteiger partial charge in [-0.25, -0.2) is 9.78 Å². The van der Waals surface area contributed by atoms with Crippen molar-refractivity contribution >= 4 is 39.3 Å². The maximum absolute atomic E-state index is 11.0. The number of nitrogens with zero attached hydrogens (tertiary/aromatic N) is 5. The van der Waals surface area contributed by atoms with Crippen LogP contribution in [0.5, 0.6) is 0 Å². The molecule has 120 valence electrons. The fourth-order valence-electron chi connectivity index (χ4n) is 2.06. The van der Waals surface area contributed by atoms with E-state index in [0.29, 0.717) is 13.0 Å². The molecule has 1 aliphatic rings. The summed E-state index contributed by atoms with van der Waals surface area (Å²) in [6.07, 6.45) is 1.41. The van der Waals surface area contributed by atoms with Crippen molar-refractivity contribution in [1.29, 1.82) is 0 Å². The van der Waals surface area contributed by atoms with Crippen LogP contribution in [-0.2, 0) is 4.74 Å². The Hall–Kier alpha value is -1.91. The Balaban J connectivity index is 1.83. The topological polar surface area (TPSA) is 109 Å². The van der Waals surface area contributed by atoms with Crippen LogP contribution in [0, 0.1) is 0 Å². The molecular weight excluding hydrogens is 338 g/mol. The molecule has 0 radical (unpaired) electrons. The van der Waals surface area contributed by atoms with Crippen molar-refractivity contribution < 1.29 is 14.6 Å². The minimum absolute atomic E-state index is 0.243. The number of hydrogen-bond donors (Lipinski definition) is 1. The number of methoxy groups -OCH3 is 1. The fourth-order valence-corrected chi connectivity index (χ4v) is 4.46. The van der Waals surface area contributed by atoms with Crippen molar-refractivity contribution in [1.82, 2.24) is 4.98 Å². The summed E-state index contributed by atoms with van der Waals surface area (Å²) in [5.41, 5.74) is 0.995. The molecule has 0 fully saturated rings. The second-order valence-electron chi connectivity index (χ2n) is 4.79. The molecule has 10 heteroatoms. The van der Waals surface area contributed by atoms with E-state index in [2.05, 4.69) is 25.7 Å². The highest BCUT2D eigenvalue weighted by Crippen LogP contribution is 2.44. The lowest BCUT2D eigenvalue weighted by Crippen LogP contribution is -2.16. The van der Waals surface area contributed by atoms with Gasteiger partial charge in [0, 0.05) is 20.1 Å². The maximum Gasteiger partial charge on any atom is 0.335 e. The largest absolute Gasteiger partial charge is 0.478 e. The van der Waals surface area contributed by atoms with Gasteiger partial charge < -0.3 is 9.84 Å². The van der Waals surface area contributed by atoms with E-state index in [1.807, 2.05) is 0 Å². The molecule has 0 spiro atoms. The van der Waals surface area contributed by atoms with Crippen molar-refractivity contribution in [2.45, 2.75) is 22.2 Å². The van der Waals surface area contributed by atoms with Crippen LogP contribution in [0.1, 0.15) is 23.2 Å². The van der Waals surface area contributed by atoms with E-state index in [1.54, 1.807) is 25.3 Å². The van der Waals surface area contributed by atoms with Crippen molar-refractivity contribution in [3.63, 3.8) is 0 Å². The molecule has 1 aliphatic heterocycles. The summed E-state index contributed by atoms with van der Waals surface area (Å²) < 4.78 is 6.62. The molecule has 8 nitrogen and oxygen atoms in total. The summed E-state index contributed by atoms with van der Waals surface area (Å²) in [4.78, 5) is 14.7. The third-order valence-corrected chi connectivity index (χ3v) is 5.43. The number of rotatable bonds is 7. The number of thiazole rings is 1. The smallest absolute Gasteiger partial charge is 0.335 e. The van der Waals surface area contributed by atoms with E-state index in [0.717, 1.165) is 21.0 Å². The van der Waals surface area contributed by atoms with Gasteiger partial charge in [0.15, 0.2) is 4.34 Å². The number of carboxylic acids is 1. The summed E-state index contributed by atoms with van der Waals surface area (Å²) in [6.45, 7) is 0.606. The van der Waals surface area contributed by atoms with Crippen LogP contribution in [0.15, 0.2) is 43.2 Å². The molecule has 0 unspecified atom stereocenters. The lowest BCUT2D eigenvalue weighted by atomic mass is 10.2. The van der Waals surface area contributed by atoms with E-state index in [-0.39, 0.29) is 5.56 Å². The number of carboxylic acid groups (broad SMARTS) is 1. The zero-order valence-corrected chi connectivity index (χ0v) is 13.8. The van der Waals surface area contributed by atoms with E-state index in [1.165, 1.54) is 23.1 Å². The zero-order chi connectivity index (χ0) is 16.3. The lowest BCUT2D eigenvalue weighted by Gasteiger charge is -2.16. The average molecular weight is 351 g/mol. The SMILES string of the molecule is COCCCC1(Sc2nc3ccc(C(=O)O)cc3s2)N=NN=N1. The van der Waals surface area contributed by atoms with Crippen molar-refractivity contribution in [3.8, 4) is 0 Å². The summed E-state index contributed by atoms with van der Waals surface area (Å²) in [5.74, 6) is -0.955. The molecule has 1 N–H and O–H groups in total. The Labute approximate surface area is 139 Å². The molecule has 0 bridgehead atoms. The number of ether oxygens (including phenoxy) is 1. The van der Waals surface area contributed by atoms with E-state index >= 15 is 0 Å². The van der Waals surface area contributed by atoms with Crippen LogP contribution in [-0.4, -0.2) is 34.8 Å². The highest BCUT2D eigenvalue weighted by molar-refractivity contribution is 8.02. The molecule has 0 amide bonds. The van der Waals surface area contributed by atoms with Crippen molar-refractivity contribution in [2.24, 2.45) is 20.7 Å². The highest BCUT2D eigenvalue weighted by atomic mass is 32.2. The van der Waals surface area contributed by atoms with Crippen LogP contribution in [0.2, 0.25) is 0 Å². The number of aromatic carboxylic acids is 1. The summed E-state index contributed by atoms with van der Waals surface area (Å²) in [6, 6.07) is 4.87. The third kappa shape index (κ3) is 3.54. The first kappa shape index (κ1) is 16.0. The van der Waals surface area contributed by atoms with E-state index < -0.39 is 11.0 Å². The molecule has 0 saturated carbocycles. The monoisotopic (exact) mass is 351 g/mol. The molecule has 2 aromatic rings. The minimum atomic E-state index is -0.955. The number of aromatic nitrogens is 1. The van der Waals surface area contributed by atoms with Crippen molar-refractivity contribution in [3.05, 3.63) is 23.8 Å². The summed E-state index contributed by atoms with van der Waals surface area (Å²) in [7, 11) is 1.64. The molecule has 23 heavy (non-hydrogen) atoms. The van der Waals surface area contributed by atoms with E-state index in [9.17, 15) is 4.79 Å². The van der Waals surface area contributed by atoms with Gasteiger partial charge in [0.1, 0.15) is 0 Å². The number of thioether (sulfide) groups is 1. The molecule has 0 atom stereocenters. The van der Waals surface area contributed by atoms with Crippen LogP contribution in [0.3, 0.4) is 0 Å². The van der Waals surface area contributed by atoms with Crippen LogP contribution >= 0.6 is 23.1 Å². The van der Waals surface area contributed by atoms with Gasteiger partial charge in [-0.1, -0.05) is 0 Å². The molecule has 0 saturated heterocycles. The van der Waals surface area contributed by atoms with Gasteiger partial charge in [-0.3, -0.25) is 0 Å². The average Bonchev–Trinajstić information content (AvgIpc) is 3.13. The Kier molecular flexibility index (Phi) is 4.64. The highest BCUT2D eigenvalue weighted by Gasteiger charge is 2.35. The standard InChI is InChI=1S/C13H13N5O3S2/c1-21-6-2-5-13(15-17-18-16-13)23-12-14-9-4-3-8(11(19)20)7-10(9)22-12/h3-4,7H,2,5-6H2,1H3,(H,19,20). The molecule has 3 rings (SSSR count). The van der Waals surface area contributed by atoms with Crippen molar-refractivity contribution in [2.75, 3.05) is 13.7 Å². The lowest BCUT2D eigenvalue weighted by molar-refractivity contribution is 0.0697. The third-order valence-electron chi connectivity index (χ3n) is 3.16. The molecule has 2 heterocycles. The van der Waals surface area contributed by atoms with Gasteiger partial charge in [-0.05, 0) is 46.8 Å². The van der Waals surface area contributed by atoms with Crippen LogP contribution < -0.4 is 0 Å². The predicted molar refractivity (Wildman–Crippen MR) is 86.0 cm³/mol. The number of hydrogen-bond acceptors (Lipinski definition) is 9. The molecule has 0 aliphatic carbocycles. The first-order chi connectivity index (χ1) is 11.1. The molecule has 1 aromatic carbocycles. The molecule has 1 aromatic heterocycles. The Morgan fingerprint density at radius 2 is 2.17 bits per heavy atom. The second-order valence-corrected chi connectivity index (χ2v) is 7.32. The number of carbonyl (C=O) groups is 1. The Morgan fingerprint density at radius 3 is 2.87 bits per heavy atom. The first-order valence-electron chi connectivity index (χ1n) is 6.78. The Morgan fingerprint density at radius 1 is 1.39 bits per heavy atom. The van der Waals surface area contributed by atoms with Gasteiger partial charge in [0.25, 0.3) is 0 Å². The van der Waals surface area contributed by atoms with Gasteiger partial charge in [-0.15, -0.1) is 21.6 Å². The normalized spacial score (nSPS) is 15.5. The first-order valence-corrected chi connectivity index (χ1v) is 8.41. The maximum atomic E-state index is 11.0. The number of benzene rings is 1. The number of fused-ring (bicyclic) bond motifs is 1.